The Hall–Kier alpha value is -2.47. The Labute approximate surface area is 720 Å². The molecule has 32 nitrogen and oxygen atoms in total. The maximum atomic E-state index is 12.5. The first-order valence-electron chi connectivity index (χ1n) is 31.9. The molecular weight excluding hydrogens is 2500 g/mol. The zero-order valence-corrected chi connectivity index (χ0v) is 82.3. The molecule has 0 bridgehead atoms. The van der Waals surface area contributed by atoms with Gasteiger partial charge in [0.2, 0.25) is 0 Å². The Kier molecular flexibility index (Phi) is 60.9. The molecule has 0 aromatic carbocycles. The molecule has 105 heavy (non-hydrogen) atoms. The van der Waals surface area contributed by atoms with E-state index in [0.29, 0.717) is 81.0 Å². The minimum atomic E-state index is -5.94. The van der Waals surface area contributed by atoms with E-state index in [9.17, 15) is 69.5 Å². The van der Waals surface area contributed by atoms with E-state index in [1.54, 1.807) is 79.1 Å². The SMILES string of the molecule is COC(=O)C1=C(OS(=O)(=O)C(F)(F)F)CCN(C(=O)OC(C)(C)C)C1.COC(=O)C1=[C-]CCN(C(=O)OC(C)(C)C)C1.COC(=O)C1[CH-]CCN(C(=O)OC(C)(C)C)C1.COC(=O)C1[CH-]CCN(C(=O)OC(C)(C)C)C1.COC(=O)[C@H]1[CH-]CCN(C(=O)OC(C)(C)C)C1.O[B]O.[3H]N([3H])I.[3H]NI.[W].[W].[W].[W].[W]. The van der Waals surface area contributed by atoms with E-state index < -0.39 is 92.1 Å². The largest absolute Gasteiger partial charge is 0.550 e. The second-order valence-electron chi connectivity index (χ2n) is 26.2. The summed E-state index contributed by atoms with van der Waals surface area (Å²) >= 11 is 3.22. The van der Waals surface area contributed by atoms with Crippen LogP contribution in [0.4, 0.5) is 37.1 Å². The second-order valence-corrected chi connectivity index (χ2v) is 27.7. The van der Waals surface area contributed by atoms with Gasteiger partial charge in [-0.05, 0) is 141 Å². The van der Waals surface area contributed by atoms with Crippen LogP contribution < -0.4 is 7.87 Å². The Morgan fingerprint density at radius 2 is 0.762 bits per heavy atom. The predicted octanol–water partition coefficient (Wildman–Crippen LogP) is 7.40. The summed E-state index contributed by atoms with van der Waals surface area (Å²) in [6, 6.07) is 0. The van der Waals surface area contributed by atoms with Gasteiger partial charge in [-0.15, -0.1) is 5.57 Å². The molecule has 609 valence electrons. The van der Waals surface area contributed by atoms with E-state index in [4.69, 9.17) is 38.0 Å². The van der Waals surface area contributed by atoms with E-state index in [1.165, 1.54) is 56.2 Å². The van der Waals surface area contributed by atoms with Crippen molar-refractivity contribution >= 4 is 124 Å². The van der Waals surface area contributed by atoms with E-state index >= 15 is 0 Å². The van der Waals surface area contributed by atoms with Crippen LogP contribution in [0, 0.1) is 43.1 Å². The van der Waals surface area contributed by atoms with Gasteiger partial charge in [0, 0.05) is 197 Å². The molecule has 0 saturated carbocycles. The van der Waals surface area contributed by atoms with E-state index in [-0.39, 0.29) is 180 Å². The molecule has 3 saturated heterocycles. The van der Waals surface area contributed by atoms with Gasteiger partial charge in [0.25, 0.3) is 17.9 Å². The van der Waals surface area contributed by atoms with E-state index in [0.717, 1.165) is 12.0 Å². The number of rotatable bonds is 7. The number of carbonyl (C=O) groups excluding carboxylic acids is 10. The fourth-order valence-electron chi connectivity index (χ4n) is 8.16. The monoisotopic (exact) mass is 2610 g/mol. The Morgan fingerprint density at radius 1 is 0.495 bits per heavy atom. The van der Waals surface area contributed by atoms with Gasteiger partial charge in [-0.1, -0.05) is 6.42 Å². The summed E-state index contributed by atoms with van der Waals surface area (Å²) < 4.78 is 133. The average Bonchev–Trinajstić information content (AvgIpc) is 0.816. The molecule has 0 aliphatic carbocycles. The molecule has 3 atom stereocenters. The summed E-state index contributed by atoms with van der Waals surface area (Å²) in [7, 11) is 0.375. The summed E-state index contributed by atoms with van der Waals surface area (Å²) in [5, 5.41) is 14.0. The maximum absolute atomic E-state index is 12.5. The van der Waals surface area contributed by atoms with Gasteiger partial charge in [0.05, 0.1) is 47.7 Å². The topological polar surface area (TPSA) is 415 Å². The molecule has 5 rings (SSSR count). The van der Waals surface area contributed by atoms with Crippen LogP contribution in [0.5, 0.6) is 0 Å². The third-order valence-corrected chi connectivity index (χ3v) is 13.3. The molecule has 5 heterocycles. The standard InChI is InChI=1S/C13H18F3NO7S.3C12H20NO4.C12H18NO4.BH2O2.2H2IN.5W/c1-12(2,3)23-11(19)17-6-5-9(8(7-17)10(18)22-4)24-25(20,21)13(14,15)16;4*1-12(2,3)17-11(15)13-7-5-6-9(8-13)10(14)16-4;2-1-3;2*1-2;;;;;/h5-7H2,1-4H3;3*6,9H,5,7-8H2,1-4H3;5,7-8H2,1-4H3;2-3H;2*2H2;;;;;/q;4*-1;;;;;;;;/t;9-;;;;;;;;;;;/m.0.........../s1/i/hT3. The average molecular weight is 2610 g/mol. The Balaban J connectivity index is -0.000000186. The number of ether oxygens (including phenoxy) is 10. The van der Waals surface area contributed by atoms with Gasteiger partial charge in [-0.2, -0.15) is 40.9 Å². The molecule has 0 aromatic heterocycles. The first-order valence-corrected chi connectivity index (χ1v) is 34.0. The number of hydrogen-bond donors (Lipinski definition) is 4. The van der Waals surface area contributed by atoms with Crippen LogP contribution in [-0.2, 0) is 191 Å². The number of nitrogens with two attached hydrogens (primary N) is 2. The van der Waals surface area contributed by atoms with Crippen LogP contribution in [0.1, 0.15) is 136 Å². The number of carbonyl (C=O) groups is 10. The minimum absolute atomic E-state index is 0. The summed E-state index contributed by atoms with van der Waals surface area (Å²) in [5.74, 6) is -4.23. The van der Waals surface area contributed by atoms with Crippen molar-refractivity contribution in [3.63, 3.8) is 0 Å². The number of amides is 5. The summed E-state index contributed by atoms with van der Waals surface area (Å²) in [4.78, 5) is 124. The van der Waals surface area contributed by atoms with Crippen LogP contribution in [0.3, 0.4) is 0 Å². The van der Waals surface area contributed by atoms with Crippen LogP contribution in [0.2, 0.25) is 4.24 Å². The van der Waals surface area contributed by atoms with Gasteiger partial charge >= 0.3 is 59.7 Å². The van der Waals surface area contributed by atoms with Crippen LogP contribution in [0.25, 0.3) is 0 Å². The molecule has 5 aliphatic heterocycles. The number of piperidine rings is 3. The molecule has 44 heteroatoms. The van der Waals surface area contributed by atoms with Crippen molar-refractivity contribution in [1.29, 1.82) is 0 Å². The summed E-state index contributed by atoms with van der Waals surface area (Å²) in [5.41, 5.74) is -8.69. The van der Waals surface area contributed by atoms with Crippen molar-refractivity contribution in [1.82, 2.24) is 24.5 Å². The number of nitrogens with zero attached hydrogens (tertiary/aromatic N) is 5. The molecule has 5 aliphatic rings. The number of hydrogen-bond acceptors (Lipinski definition) is 27. The van der Waals surface area contributed by atoms with Crippen molar-refractivity contribution < 1.29 is 241 Å². The normalized spacial score (nSPS) is 17.4. The van der Waals surface area contributed by atoms with E-state index in [2.05, 4.69) is 33.9 Å². The second kappa shape index (κ2) is 57.5. The van der Waals surface area contributed by atoms with Crippen LogP contribution in [0.15, 0.2) is 16.9 Å². The van der Waals surface area contributed by atoms with Crippen molar-refractivity contribution in [2.75, 3.05) is 101 Å². The third-order valence-electron chi connectivity index (χ3n) is 12.3. The van der Waals surface area contributed by atoms with Crippen molar-refractivity contribution in [3.8, 4) is 0 Å². The van der Waals surface area contributed by atoms with E-state index in [1.807, 2.05) is 85.5 Å². The number of halogens is 5. The Bertz CT molecular complexity index is 2760. The molecule has 3 fully saturated rings. The van der Waals surface area contributed by atoms with Gasteiger partial charge in [0.15, 0.2) is 5.97 Å². The Morgan fingerprint density at radius 3 is 1.01 bits per heavy atom. The predicted molar refractivity (Wildman–Crippen MR) is 372 cm³/mol. The van der Waals surface area contributed by atoms with Crippen molar-refractivity contribution in [2.24, 2.45) is 25.6 Å². The van der Waals surface area contributed by atoms with Crippen LogP contribution >= 0.6 is 45.7 Å². The van der Waals surface area contributed by atoms with Gasteiger partial charge in [-0.3, -0.25) is 28.3 Å². The molecule has 0 spiro atoms. The smallest absolute Gasteiger partial charge is 0.534 e. The fourth-order valence-corrected chi connectivity index (χ4v) is 8.70. The summed E-state index contributed by atoms with van der Waals surface area (Å²) in [6.45, 7) is 29.4. The van der Waals surface area contributed by atoms with Gasteiger partial charge in [0.1, 0.15) is 38.0 Å². The number of methoxy groups -OCH3 is 5. The quantitative estimate of drug-likeness (QED) is 0.0282. The third kappa shape index (κ3) is 51.7. The molecule has 1 radical (unpaired) electrons. The zero-order valence-electron chi connectivity index (χ0n) is 65.5. The number of alkyl halides is 3. The first kappa shape index (κ1) is 111. The zero-order chi connectivity index (χ0) is 80.8. The summed E-state index contributed by atoms with van der Waals surface area (Å²) in [6.07, 6.45) is 8.32. The molecule has 5 amide bonds. The molecule has 6 N–H and O–H groups in total. The van der Waals surface area contributed by atoms with Gasteiger partial charge in [-0.25, -0.2) is 28.8 Å². The maximum Gasteiger partial charge on any atom is 0.534 e. The van der Waals surface area contributed by atoms with Crippen molar-refractivity contribution in [3.05, 3.63) is 42.2 Å². The minimum Gasteiger partial charge on any atom is -0.550 e. The molecule has 0 aromatic rings. The molecule has 2 unspecified atom stereocenters. The van der Waals surface area contributed by atoms with Crippen LogP contribution in [-0.4, -0.2) is 245 Å². The first-order chi connectivity index (χ1) is 47.1. The fraction of sp³-hybridized carbons (Fsp3) is 0.721. The van der Waals surface area contributed by atoms with Crippen molar-refractivity contribution in [2.45, 2.75) is 169 Å². The van der Waals surface area contributed by atoms with Gasteiger partial charge < -0.3 is 110 Å². The number of esters is 5. The number of likely N-dealkylation sites (tertiary alicyclic amines) is 3. The molecular formula is C61H102BF3I2N7O25SW5-4.